The Morgan fingerprint density at radius 2 is 1.94 bits per heavy atom. The topological polar surface area (TPSA) is 63.6 Å². The van der Waals surface area contributed by atoms with E-state index in [1.54, 1.807) is 6.92 Å². The van der Waals surface area contributed by atoms with Gasteiger partial charge in [0.05, 0.1) is 11.7 Å². The van der Waals surface area contributed by atoms with E-state index in [2.05, 4.69) is 0 Å². The molecule has 0 aliphatic rings. The second-order valence-electron chi connectivity index (χ2n) is 4.67. The Balaban J connectivity index is 3.60. The van der Waals surface area contributed by atoms with Gasteiger partial charge in [-0.2, -0.15) is 11.8 Å². The van der Waals surface area contributed by atoms with Gasteiger partial charge in [-0.15, -0.1) is 0 Å². The molecular weight excluding hydrogens is 228 g/mol. The molecule has 0 rings (SSSR count). The first kappa shape index (κ1) is 15.3. The summed E-state index contributed by atoms with van der Waals surface area (Å²) < 4.78 is 5.12. The van der Waals surface area contributed by atoms with E-state index in [9.17, 15) is 9.59 Å². The van der Waals surface area contributed by atoms with Crippen LogP contribution in [0.4, 0.5) is 0 Å². The highest BCUT2D eigenvalue weighted by Gasteiger charge is 2.16. The molecule has 4 nitrogen and oxygen atoms in total. The predicted molar refractivity (Wildman–Crippen MR) is 64.6 cm³/mol. The van der Waals surface area contributed by atoms with E-state index in [0.717, 1.165) is 0 Å². The summed E-state index contributed by atoms with van der Waals surface area (Å²) in [6.45, 7) is 7.13. The first-order chi connectivity index (χ1) is 7.22. The molecule has 0 fully saturated rings. The minimum absolute atomic E-state index is 0.250. The number of rotatable bonds is 6. The van der Waals surface area contributed by atoms with Crippen molar-refractivity contribution in [1.29, 1.82) is 0 Å². The van der Waals surface area contributed by atoms with E-state index in [0.29, 0.717) is 12.2 Å². The van der Waals surface area contributed by atoms with Gasteiger partial charge >= 0.3 is 11.9 Å². The van der Waals surface area contributed by atoms with E-state index in [-0.39, 0.29) is 17.6 Å². The number of thioether (sulfide) groups is 1. The van der Waals surface area contributed by atoms with Gasteiger partial charge in [0.2, 0.25) is 0 Å². The predicted octanol–water partition coefficient (Wildman–Crippen LogP) is 2.17. The Morgan fingerprint density at radius 3 is 2.38 bits per heavy atom. The minimum Gasteiger partial charge on any atom is -0.481 e. The third kappa shape index (κ3) is 8.59. The van der Waals surface area contributed by atoms with Gasteiger partial charge in [-0.3, -0.25) is 9.59 Å². The molecule has 0 aliphatic carbocycles. The SMILES string of the molecule is C[C@@H](CCSCC(=O)OC(C)(C)C)C(=O)O. The van der Waals surface area contributed by atoms with E-state index < -0.39 is 11.6 Å². The molecule has 0 spiro atoms. The number of hydrogen-bond donors (Lipinski definition) is 1. The van der Waals surface area contributed by atoms with Crippen molar-refractivity contribution in [2.75, 3.05) is 11.5 Å². The third-order valence-corrected chi connectivity index (χ3v) is 2.72. The van der Waals surface area contributed by atoms with Crippen molar-refractivity contribution in [3.63, 3.8) is 0 Å². The van der Waals surface area contributed by atoms with Crippen LogP contribution in [-0.4, -0.2) is 34.2 Å². The summed E-state index contributed by atoms with van der Waals surface area (Å²) in [6, 6.07) is 0. The largest absolute Gasteiger partial charge is 0.481 e. The molecule has 16 heavy (non-hydrogen) atoms. The lowest BCUT2D eigenvalue weighted by Crippen LogP contribution is -2.25. The normalized spacial score (nSPS) is 13.2. The van der Waals surface area contributed by atoms with E-state index in [4.69, 9.17) is 9.84 Å². The van der Waals surface area contributed by atoms with Crippen molar-refractivity contribution < 1.29 is 19.4 Å². The van der Waals surface area contributed by atoms with Crippen LogP contribution < -0.4 is 0 Å². The average Bonchev–Trinajstić information content (AvgIpc) is 2.08. The molecule has 1 atom stereocenters. The number of aliphatic carboxylic acids is 1. The zero-order valence-corrected chi connectivity index (χ0v) is 11.1. The molecule has 1 N–H and O–H groups in total. The Labute approximate surface area is 101 Å². The summed E-state index contributed by atoms with van der Waals surface area (Å²) in [7, 11) is 0. The van der Waals surface area contributed by atoms with Gasteiger partial charge in [0, 0.05) is 0 Å². The number of carbonyl (C=O) groups excluding carboxylic acids is 1. The Morgan fingerprint density at radius 1 is 1.38 bits per heavy atom. The molecular formula is C11H20O4S. The van der Waals surface area contributed by atoms with Crippen LogP contribution in [0.2, 0.25) is 0 Å². The molecule has 0 bridgehead atoms. The summed E-state index contributed by atoms with van der Waals surface area (Å²) in [5.41, 5.74) is -0.452. The van der Waals surface area contributed by atoms with Crippen LogP contribution in [0, 0.1) is 5.92 Å². The number of carboxylic acids is 1. The lowest BCUT2D eigenvalue weighted by atomic mass is 10.1. The molecule has 0 saturated heterocycles. The van der Waals surface area contributed by atoms with Gasteiger partial charge < -0.3 is 9.84 Å². The lowest BCUT2D eigenvalue weighted by molar-refractivity contribution is -0.151. The highest BCUT2D eigenvalue weighted by atomic mass is 32.2. The minimum atomic E-state index is -0.794. The monoisotopic (exact) mass is 248 g/mol. The van der Waals surface area contributed by atoms with Crippen LogP contribution in [0.1, 0.15) is 34.1 Å². The smallest absolute Gasteiger partial charge is 0.316 e. The molecule has 0 aromatic rings. The zero-order valence-electron chi connectivity index (χ0n) is 10.3. The van der Waals surface area contributed by atoms with Crippen LogP contribution in [0.15, 0.2) is 0 Å². The maximum Gasteiger partial charge on any atom is 0.316 e. The van der Waals surface area contributed by atoms with Gasteiger partial charge in [-0.05, 0) is 32.9 Å². The number of ether oxygens (including phenoxy) is 1. The molecule has 0 radical (unpaired) electrons. The Bertz CT molecular complexity index is 245. The van der Waals surface area contributed by atoms with Crippen molar-refractivity contribution in [2.24, 2.45) is 5.92 Å². The summed E-state index contributed by atoms with van der Waals surface area (Å²) >= 11 is 1.41. The third-order valence-electron chi connectivity index (χ3n) is 1.76. The fourth-order valence-electron chi connectivity index (χ4n) is 0.910. The van der Waals surface area contributed by atoms with Crippen molar-refractivity contribution >= 4 is 23.7 Å². The van der Waals surface area contributed by atoms with Crippen molar-refractivity contribution in [3.05, 3.63) is 0 Å². The summed E-state index contributed by atoms with van der Waals surface area (Å²) in [6.07, 6.45) is 0.572. The molecule has 0 aliphatic heterocycles. The van der Waals surface area contributed by atoms with Gasteiger partial charge in [-0.1, -0.05) is 6.92 Å². The summed E-state index contributed by atoms with van der Waals surface area (Å²) in [4.78, 5) is 21.8. The van der Waals surface area contributed by atoms with Crippen molar-refractivity contribution in [2.45, 2.75) is 39.7 Å². The maximum atomic E-state index is 11.3. The fourth-order valence-corrected chi connectivity index (χ4v) is 1.80. The van der Waals surface area contributed by atoms with E-state index in [1.165, 1.54) is 11.8 Å². The number of hydrogen-bond acceptors (Lipinski definition) is 4. The Kier molecular flexibility index (Phi) is 6.48. The van der Waals surface area contributed by atoms with Gasteiger partial charge in [0.15, 0.2) is 0 Å². The number of carbonyl (C=O) groups is 2. The molecule has 0 aromatic carbocycles. The first-order valence-corrected chi connectivity index (χ1v) is 6.40. The Hall–Kier alpha value is -0.710. The van der Waals surface area contributed by atoms with Crippen LogP contribution in [-0.2, 0) is 14.3 Å². The van der Waals surface area contributed by atoms with Gasteiger partial charge in [-0.25, -0.2) is 0 Å². The van der Waals surface area contributed by atoms with E-state index in [1.807, 2.05) is 20.8 Å². The van der Waals surface area contributed by atoms with Crippen LogP contribution >= 0.6 is 11.8 Å². The molecule has 0 saturated carbocycles. The molecule has 5 heteroatoms. The summed E-state index contributed by atoms with van der Waals surface area (Å²) in [5, 5.41) is 8.64. The summed E-state index contributed by atoms with van der Waals surface area (Å²) in [5.74, 6) is -0.458. The van der Waals surface area contributed by atoms with E-state index >= 15 is 0 Å². The van der Waals surface area contributed by atoms with Gasteiger partial charge in [0.1, 0.15) is 5.60 Å². The highest BCUT2D eigenvalue weighted by molar-refractivity contribution is 7.99. The molecule has 94 valence electrons. The fraction of sp³-hybridized carbons (Fsp3) is 0.818. The molecule has 0 aromatic heterocycles. The average molecular weight is 248 g/mol. The lowest BCUT2D eigenvalue weighted by Gasteiger charge is -2.19. The standard InChI is InChI=1S/C11H20O4S/c1-8(10(13)14)5-6-16-7-9(12)15-11(2,3)4/h8H,5-7H2,1-4H3,(H,13,14)/t8-/m0/s1. The van der Waals surface area contributed by atoms with Crippen LogP contribution in [0.3, 0.4) is 0 Å². The second kappa shape index (κ2) is 6.78. The van der Waals surface area contributed by atoms with Crippen molar-refractivity contribution in [1.82, 2.24) is 0 Å². The number of carboxylic acid groups (broad SMARTS) is 1. The van der Waals surface area contributed by atoms with Gasteiger partial charge in [0.25, 0.3) is 0 Å². The van der Waals surface area contributed by atoms with Crippen LogP contribution in [0.25, 0.3) is 0 Å². The quantitative estimate of drug-likeness (QED) is 0.576. The van der Waals surface area contributed by atoms with Crippen LogP contribution in [0.5, 0.6) is 0 Å². The highest BCUT2D eigenvalue weighted by Crippen LogP contribution is 2.12. The second-order valence-corrected chi connectivity index (χ2v) is 5.77. The first-order valence-electron chi connectivity index (χ1n) is 5.25. The number of esters is 1. The maximum absolute atomic E-state index is 11.3. The van der Waals surface area contributed by atoms with Crippen molar-refractivity contribution in [3.8, 4) is 0 Å². The molecule has 0 heterocycles. The molecule has 0 amide bonds. The zero-order chi connectivity index (χ0) is 12.8. The molecule has 0 unspecified atom stereocenters.